The Bertz CT molecular complexity index is 3830. The molecule has 0 radical (unpaired) electrons. The van der Waals surface area contributed by atoms with Gasteiger partial charge >= 0.3 is 37.7 Å². The van der Waals surface area contributed by atoms with E-state index < -0.39 is 47.6 Å². The Morgan fingerprint density at radius 1 is 0.627 bits per heavy atom. The van der Waals surface area contributed by atoms with Crippen molar-refractivity contribution in [2.75, 3.05) is 18.5 Å². The molecule has 0 saturated carbocycles. The van der Waals surface area contributed by atoms with Gasteiger partial charge in [-0.25, -0.2) is 0 Å². The maximum atomic E-state index is 13.3. The molecule has 8 aromatic carbocycles. The smallest absolute Gasteiger partial charge is 0.871 e. The topological polar surface area (TPSA) is 284 Å². The third-order valence-corrected chi connectivity index (χ3v) is 13.4. The van der Waals surface area contributed by atoms with Crippen LogP contribution in [0.25, 0.3) is 21.5 Å². The van der Waals surface area contributed by atoms with Crippen molar-refractivity contribution in [3.05, 3.63) is 166 Å². The molecule has 0 atom stereocenters. The number of azo groups is 2. The van der Waals surface area contributed by atoms with Crippen molar-refractivity contribution in [1.29, 1.82) is 0 Å². The quantitative estimate of drug-likeness (QED) is 0.0260. The van der Waals surface area contributed by atoms with Gasteiger partial charge in [0.2, 0.25) is 0 Å². The third kappa shape index (κ3) is 14.0. The SMILES string of the molecule is CCOc1cccc(N=C([O-])c2cc3ccccc3c(N=Nc3cc(Cl)c(S(=O)(=O)O)cc3C)c2[O-])c1.CCOc1cccc(NC(=O)c2cc3ccccc3c(N=Nc3cc(Cl)c(S(=O)(=O)O)cc3C)c2O)c1.[Ca+2]. The van der Waals surface area contributed by atoms with E-state index in [0.29, 0.717) is 68.8 Å². The van der Waals surface area contributed by atoms with Crippen molar-refractivity contribution in [3.63, 3.8) is 0 Å². The molecule has 0 unspecified atom stereocenters. The molecule has 0 fully saturated rings. The Balaban J connectivity index is 0.000000241. The van der Waals surface area contributed by atoms with Crippen LogP contribution in [-0.2, 0) is 20.2 Å². The summed E-state index contributed by atoms with van der Waals surface area (Å²) < 4.78 is 75.6. The van der Waals surface area contributed by atoms with Gasteiger partial charge in [-0.2, -0.15) is 32.2 Å². The van der Waals surface area contributed by atoms with Gasteiger partial charge in [-0.3, -0.25) is 18.9 Å². The number of amides is 1. The number of rotatable bonds is 14. The van der Waals surface area contributed by atoms with Crippen LogP contribution >= 0.6 is 23.2 Å². The normalized spacial score (nSPS) is 11.9. The van der Waals surface area contributed by atoms with Crippen LogP contribution in [0.4, 0.5) is 34.1 Å². The minimum atomic E-state index is -4.53. The zero-order valence-corrected chi connectivity index (χ0v) is 45.5. The number of phenols is 1. The van der Waals surface area contributed by atoms with Crippen LogP contribution in [-0.4, -0.2) is 93.8 Å². The summed E-state index contributed by atoms with van der Waals surface area (Å²) in [4.78, 5) is 16.3. The second kappa shape index (κ2) is 24.7. The predicted molar refractivity (Wildman–Crippen MR) is 284 cm³/mol. The van der Waals surface area contributed by atoms with Crippen molar-refractivity contribution >= 4 is 149 Å². The van der Waals surface area contributed by atoms with Crippen molar-refractivity contribution in [2.24, 2.45) is 25.4 Å². The molecule has 4 N–H and O–H groups in total. The van der Waals surface area contributed by atoms with E-state index in [1.807, 2.05) is 13.8 Å². The summed E-state index contributed by atoms with van der Waals surface area (Å²) in [7, 11) is -9.05. The fraction of sp³-hybridized carbons (Fsp3) is 0.115. The van der Waals surface area contributed by atoms with Gasteiger partial charge in [-0.15, -0.1) is 5.11 Å². The summed E-state index contributed by atoms with van der Waals surface area (Å²) in [5.41, 5.74) is 1.65. The summed E-state index contributed by atoms with van der Waals surface area (Å²) in [6, 6.07) is 35.2. The van der Waals surface area contributed by atoms with Crippen molar-refractivity contribution in [2.45, 2.75) is 37.5 Å². The molecule has 1 amide bonds. The van der Waals surface area contributed by atoms with Gasteiger partial charge in [-0.1, -0.05) is 89.6 Å². The molecule has 0 heterocycles. The molecule has 0 aromatic heterocycles. The van der Waals surface area contributed by atoms with E-state index in [-0.39, 0.29) is 87.4 Å². The van der Waals surface area contributed by atoms with Crippen LogP contribution in [0.2, 0.25) is 10.0 Å². The Hall–Kier alpha value is -6.72. The fourth-order valence-electron chi connectivity index (χ4n) is 7.28. The first-order valence-electron chi connectivity index (χ1n) is 22.1. The number of phenolic OH excluding ortho intramolecular Hbond substituents is 1. The van der Waals surface area contributed by atoms with E-state index in [9.17, 15) is 46.1 Å². The summed E-state index contributed by atoms with van der Waals surface area (Å²) in [6.45, 7) is 7.72. The number of anilines is 1. The minimum Gasteiger partial charge on any atom is -0.871 e. The van der Waals surface area contributed by atoms with Crippen molar-refractivity contribution < 1.29 is 55.5 Å². The van der Waals surface area contributed by atoms with E-state index in [2.05, 4.69) is 30.8 Å². The van der Waals surface area contributed by atoms with Crippen molar-refractivity contribution in [3.8, 4) is 23.0 Å². The number of ether oxygens (including phenoxy) is 2. The van der Waals surface area contributed by atoms with Gasteiger partial charge in [0, 0.05) is 28.6 Å². The van der Waals surface area contributed by atoms with Gasteiger partial charge in [0.1, 0.15) is 27.0 Å². The van der Waals surface area contributed by atoms with E-state index >= 15 is 0 Å². The first-order valence-corrected chi connectivity index (χ1v) is 25.7. The van der Waals surface area contributed by atoms with E-state index in [4.69, 9.17) is 32.7 Å². The number of halogens is 2. The zero-order chi connectivity index (χ0) is 53.5. The Labute approximate surface area is 470 Å². The maximum absolute atomic E-state index is 13.3. The molecule has 0 spiro atoms. The predicted octanol–water partition coefficient (Wildman–Crippen LogP) is 11.8. The second-order valence-electron chi connectivity index (χ2n) is 15.9. The molecule has 0 aliphatic carbocycles. The number of carbonyl (C=O) groups excluding carboxylic acids is 1. The molecule has 0 saturated heterocycles. The molecule has 23 heteroatoms. The molecule has 75 heavy (non-hydrogen) atoms. The van der Waals surface area contributed by atoms with Crippen molar-refractivity contribution in [1.82, 2.24) is 0 Å². The molecular formula is C52H42CaCl2N6O12S2. The average molecular weight is 1120 g/mol. The number of hydrogen-bond acceptors (Lipinski definition) is 15. The summed E-state index contributed by atoms with van der Waals surface area (Å²) in [6.07, 6.45) is 0. The van der Waals surface area contributed by atoms with Crippen LogP contribution in [0.15, 0.2) is 169 Å². The minimum absolute atomic E-state index is 0. The number of hydrogen-bond donors (Lipinski definition) is 4. The number of nitrogens with zero attached hydrogens (tertiary/aromatic N) is 5. The van der Waals surface area contributed by atoms with E-state index in [1.165, 1.54) is 24.3 Å². The van der Waals surface area contributed by atoms with Crippen LogP contribution in [0.3, 0.4) is 0 Å². The van der Waals surface area contributed by atoms with Gasteiger partial charge in [0.15, 0.2) is 5.75 Å². The van der Waals surface area contributed by atoms with Gasteiger partial charge in [0.25, 0.3) is 26.1 Å². The van der Waals surface area contributed by atoms with E-state index in [1.54, 1.807) is 117 Å². The molecular weight excluding hydrogens is 1080 g/mol. The number of fused-ring (bicyclic) bond motifs is 2. The third-order valence-electron chi connectivity index (χ3n) is 10.8. The number of carbonyl (C=O) groups is 1. The van der Waals surface area contributed by atoms with Crippen LogP contribution in [0.5, 0.6) is 23.0 Å². The van der Waals surface area contributed by atoms with Crippen LogP contribution < -0.4 is 25.0 Å². The number of aliphatic imine (C=N–C) groups is 1. The summed E-state index contributed by atoms with van der Waals surface area (Å²) in [5, 5.41) is 58.4. The average Bonchev–Trinajstić information content (AvgIpc) is 3.34. The van der Waals surface area contributed by atoms with Crippen LogP contribution in [0.1, 0.15) is 40.9 Å². The summed E-state index contributed by atoms with van der Waals surface area (Å²) >= 11 is 12.0. The molecule has 0 aliphatic heterocycles. The van der Waals surface area contributed by atoms with Gasteiger partial charge in [-0.05, 0) is 122 Å². The number of aromatic hydroxyl groups is 1. The monoisotopic (exact) mass is 1120 g/mol. The Morgan fingerprint density at radius 2 is 1.11 bits per heavy atom. The molecule has 0 aliphatic rings. The second-order valence-corrected chi connectivity index (χ2v) is 19.5. The number of benzene rings is 8. The molecule has 380 valence electrons. The fourth-order valence-corrected chi connectivity index (χ4v) is 9.45. The zero-order valence-electron chi connectivity index (χ0n) is 40.1. The first kappa shape index (κ1) is 57.6. The molecule has 8 rings (SSSR count). The number of aryl methyl sites for hydroxylation is 2. The Morgan fingerprint density at radius 3 is 1.64 bits per heavy atom. The maximum Gasteiger partial charge on any atom is 2.00 e. The summed E-state index contributed by atoms with van der Waals surface area (Å²) in [5.74, 6) is -1.25. The van der Waals surface area contributed by atoms with Gasteiger partial charge in [0.05, 0.1) is 51.6 Å². The van der Waals surface area contributed by atoms with Crippen LogP contribution in [0, 0.1) is 13.8 Å². The largest absolute Gasteiger partial charge is 2.00 e. The van der Waals surface area contributed by atoms with Gasteiger partial charge < -0.3 is 30.1 Å². The van der Waals surface area contributed by atoms with E-state index in [0.717, 1.165) is 6.07 Å². The molecule has 18 nitrogen and oxygen atoms in total. The standard InChI is InChI=1S/2C26H22ClN3O6S.Ca/c2*1-3-36-18-9-6-8-17(13-18)28-26(32)20-12-16-7-4-5-10-19(16)24(25(20)31)30-29-22-14-21(27)23(11-15(22)2)37(33,34)35;/h2*4-14,31H,3H2,1-2H3,(H,28,32)(H,33,34,35);/q;;+2/p-2. The molecule has 8 aromatic rings. The number of nitrogens with one attached hydrogen (secondary N) is 1. The Kier molecular flexibility index (Phi) is 19.0. The molecule has 0 bridgehead atoms. The first-order chi connectivity index (χ1) is 35.2.